The number of carbonyl (C=O) groups is 1. The third-order valence-electron chi connectivity index (χ3n) is 4.91. The molecule has 2 aromatic heterocycles. The van der Waals surface area contributed by atoms with Crippen molar-refractivity contribution in [1.82, 2.24) is 24.8 Å². The van der Waals surface area contributed by atoms with Crippen LogP contribution in [0.4, 0.5) is 0 Å². The van der Waals surface area contributed by atoms with Gasteiger partial charge in [0.05, 0.1) is 6.61 Å². The highest BCUT2D eigenvalue weighted by Crippen LogP contribution is 2.32. The zero-order valence-corrected chi connectivity index (χ0v) is 16.0. The summed E-state index contributed by atoms with van der Waals surface area (Å²) in [6.07, 6.45) is 3.88. The fourth-order valence-corrected chi connectivity index (χ4v) is 3.47. The SMILES string of the molecule is Cc1cccc(OCCc2noc(C3CCCN3C(=O)c3ccnn3C)n2)c1. The van der Waals surface area contributed by atoms with Gasteiger partial charge < -0.3 is 14.2 Å². The lowest BCUT2D eigenvalue weighted by molar-refractivity contribution is 0.0699. The molecule has 0 spiro atoms. The second-order valence-electron chi connectivity index (χ2n) is 6.96. The topological polar surface area (TPSA) is 86.3 Å². The largest absolute Gasteiger partial charge is 0.493 e. The molecule has 0 saturated carbocycles. The summed E-state index contributed by atoms with van der Waals surface area (Å²) in [6, 6.07) is 9.43. The molecule has 3 heterocycles. The minimum absolute atomic E-state index is 0.0648. The lowest BCUT2D eigenvalue weighted by atomic mass is 10.2. The van der Waals surface area contributed by atoms with Crippen LogP contribution in [0.2, 0.25) is 0 Å². The molecule has 1 saturated heterocycles. The highest BCUT2D eigenvalue weighted by atomic mass is 16.5. The second-order valence-corrected chi connectivity index (χ2v) is 6.96. The van der Waals surface area contributed by atoms with E-state index < -0.39 is 0 Å². The van der Waals surface area contributed by atoms with Crippen LogP contribution in [0.5, 0.6) is 5.75 Å². The molecule has 1 atom stereocenters. The summed E-state index contributed by atoms with van der Waals surface area (Å²) >= 11 is 0. The van der Waals surface area contributed by atoms with Crippen molar-refractivity contribution >= 4 is 5.91 Å². The number of nitrogens with zero attached hydrogens (tertiary/aromatic N) is 5. The molecule has 0 N–H and O–H groups in total. The number of ether oxygens (including phenoxy) is 1. The maximum absolute atomic E-state index is 12.8. The Hall–Kier alpha value is -3.16. The zero-order chi connectivity index (χ0) is 19.5. The Morgan fingerprint density at radius 1 is 1.36 bits per heavy atom. The first kappa shape index (κ1) is 18.2. The van der Waals surface area contributed by atoms with Crippen molar-refractivity contribution in [3.05, 3.63) is 59.5 Å². The molecule has 1 unspecified atom stereocenters. The maximum Gasteiger partial charge on any atom is 0.272 e. The fraction of sp³-hybridized carbons (Fsp3) is 0.400. The molecule has 3 aromatic rings. The summed E-state index contributed by atoms with van der Waals surface area (Å²) in [7, 11) is 1.76. The number of carbonyl (C=O) groups excluding carboxylic acids is 1. The van der Waals surface area contributed by atoms with Crippen LogP contribution >= 0.6 is 0 Å². The lowest BCUT2D eigenvalue weighted by Gasteiger charge is -2.21. The van der Waals surface area contributed by atoms with Gasteiger partial charge in [0.1, 0.15) is 17.5 Å². The Morgan fingerprint density at radius 2 is 2.25 bits per heavy atom. The van der Waals surface area contributed by atoms with Crippen molar-refractivity contribution in [3.8, 4) is 5.75 Å². The Bertz CT molecular complexity index is 964. The Balaban J connectivity index is 1.39. The summed E-state index contributed by atoms with van der Waals surface area (Å²) in [5.74, 6) is 1.83. The van der Waals surface area contributed by atoms with E-state index in [0.29, 0.717) is 37.0 Å². The lowest BCUT2D eigenvalue weighted by Crippen LogP contribution is -2.32. The highest BCUT2D eigenvalue weighted by molar-refractivity contribution is 5.92. The molecule has 0 aliphatic carbocycles. The third kappa shape index (κ3) is 3.76. The van der Waals surface area contributed by atoms with Gasteiger partial charge in [0.15, 0.2) is 5.82 Å². The number of rotatable bonds is 6. The predicted molar refractivity (Wildman–Crippen MR) is 101 cm³/mol. The van der Waals surface area contributed by atoms with E-state index in [4.69, 9.17) is 9.26 Å². The molecular formula is C20H23N5O3. The van der Waals surface area contributed by atoms with Crippen molar-refractivity contribution in [2.75, 3.05) is 13.2 Å². The smallest absolute Gasteiger partial charge is 0.272 e. The van der Waals surface area contributed by atoms with Gasteiger partial charge in [0.25, 0.3) is 5.91 Å². The van der Waals surface area contributed by atoms with Gasteiger partial charge >= 0.3 is 0 Å². The first-order valence-corrected chi connectivity index (χ1v) is 9.43. The fourth-order valence-electron chi connectivity index (χ4n) is 3.47. The van der Waals surface area contributed by atoms with Gasteiger partial charge in [0, 0.05) is 26.2 Å². The number of likely N-dealkylation sites (tertiary alicyclic amines) is 1. The molecule has 1 aliphatic rings. The van der Waals surface area contributed by atoms with Gasteiger partial charge in [-0.3, -0.25) is 9.48 Å². The number of benzene rings is 1. The molecule has 1 aliphatic heterocycles. The summed E-state index contributed by atoms with van der Waals surface area (Å²) in [5.41, 5.74) is 1.71. The predicted octanol–water partition coefficient (Wildman–Crippen LogP) is 2.71. The molecule has 1 amide bonds. The maximum atomic E-state index is 12.8. The average Bonchev–Trinajstić information content (AvgIpc) is 3.41. The van der Waals surface area contributed by atoms with Crippen LogP contribution in [0.15, 0.2) is 41.1 Å². The van der Waals surface area contributed by atoms with Gasteiger partial charge in [-0.25, -0.2) is 0 Å². The summed E-state index contributed by atoms with van der Waals surface area (Å²) in [5, 5.41) is 8.14. The van der Waals surface area contributed by atoms with Crippen LogP contribution in [-0.4, -0.2) is 43.9 Å². The third-order valence-corrected chi connectivity index (χ3v) is 4.91. The highest BCUT2D eigenvalue weighted by Gasteiger charge is 2.35. The molecular weight excluding hydrogens is 358 g/mol. The number of hydrogen-bond donors (Lipinski definition) is 0. The van der Waals surface area contributed by atoms with E-state index >= 15 is 0 Å². The summed E-state index contributed by atoms with van der Waals surface area (Å²) < 4.78 is 12.8. The molecule has 28 heavy (non-hydrogen) atoms. The van der Waals surface area contributed by atoms with E-state index in [2.05, 4.69) is 15.2 Å². The van der Waals surface area contributed by atoms with Crippen molar-refractivity contribution < 1.29 is 14.1 Å². The van der Waals surface area contributed by atoms with E-state index in [1.807, 2.05) is 31.2 Å². The first-order chi connectivity index (χ1) is 13.6. The molecule has 146 valence electrons. The zero-order valence-electron chi connectivity index (χ0n) is 16.0. The van der Waals surface area contributed by atoms with E-state index in [-0.39, 0.29) is 11.9 Å². The van der Waals surface area contributed by atoms with Crippen molar-refractivity contribution in [3.63, 3.8) is 0 Å². The number of amides is 1. The van der Waals surface area contributed by atoms with Crippen LogP contribution in [0, 0.1) is 6.92 Å². The standard InChI is InChI=1S/C20H23N5O3/c1-14-5-3-6-15(13-14)27-12-9-18-22-19(28-23-18)16-7-4-11-25(16)20(26)17-8-10-21-24(17)2/h3,5-6,8,10,13,16H,4,7,9,11-12H2,1-2H3. The van der Waals surface area contributed by atoms with Crippen LogP contribution in [0.1, 0.15) is 46.7 Å². The minimum atomic E-state index is -0.193. The summed E-state index contributed by atoms with van der Waals surface area (Å²) in [6.45, 7) is 3.16. The van der Waals surface area contributed by atoms with Gasteiger partial charge in [-0.05, 0) is 43.5 Å². The molecule has 0 bridgehead atoms. The molecule has 8 heteroatoms. The quantitative estimate of drug-likeness (QED) is 0.653. The Labute approximate surface area is 163 Å². The van der Waals surface area contributed by atoms with E-state index in [1.165, 1.54) is 0 Å². The van der Waals surface area contributed by atoms with Gasteiger partial charge in [0.2, 0.25) is 5.89 Å². The van der Waals surface area contributed by atoms with Crippen molar-refractivity contribution in [2.24, 2.45) is 7.05 Å². The van der Waals surface area contributed by atoms with Crippen LogP contribution in [0.3, 0.4) is 0 Å². The Kier molecular flexibility index (Phi) is 5.10. The van der Waals surface area contributed by atoms with Crippen LogP contribution < -0.4 is 4.74 Å². The summed E-state index contributed by atoms with van der Waals surface area (Å²) in [4.78, 5) is 19.1. The molecule has 0 radical (unpaired) electrons. The normalized spacial score (nSPS) is 16.5. The number of aryl methyl sites for hydroxylation is 2. The van der Waals surface area contributed by atoms with E-state index in [0.717, 1.165) is 24.2 Å². The van der Waals surface area contributed by atoms with Gasteiger partial charge in [-0.1, -0.05) is 17.3 Å². The van der Waals surface area contributed by atoms with Gasteiger partial charge in [-0.2, -0.15) is 10.1 Å². The van der Waals surface area contributed by atoms with E-state index in [9.17, 15) is 4.79 Å². The number of hydrogen-bond acceptors (Lipinski definition) is 6. The van der Waals surface area contributed by atoms with Crippen molar-refractivity contribution in [2.45, 2.75) is 32.2 Å². The monoisotopic (exact) mass is 381 g/mol. The van der Waals surface area contributed by atoms with E-state index in [1.54, 1.807) is 28.9 Å². The second kappa shape index (κ2) is 7.84. The molecule has 4 rings (SSSR count). The molecule has 1 aromatic carbocycles. The van der Waals surface area contributed by atoms with Gasteiger partial charge in [-0.15, -0.1) is 0 Å². The van der Waals surface area contributed by atoms with Crippen molar-refractivity contribution in [1.29, 1.82) is 0 Å². The molecule has 1 fully saturated rings. The van der Waals surface area contributed by atoms with Crippen LogP contribution in [0.25, 0.3) is 0 Å². The Morgan fingerprint density at radius 3 is 3.04 bits per heavy atom. The minimum Gasteiger partial charge on any atom is -0.493 e. The molecule has 8 nitrogen and oxygen atoms in total. The average molecular weight is 381 g/mol. The van der Waals surface area contributed by atoms with Crippen LogP contribution in [-0.2, 0) is 13.5 Å². The first-order valence-electron chi connectivity index (χ1n) is 9.43. The number of aromatic nitrogens is 4.